The lowest BCUT2D eigenvalue weighted by Crippen LogP contribution is -2.41. The van der Waals surface area contributed by atoms with Gasteiger partial charge in [-0.25, -0.2) is 9.18 Å². The summed E-state index contributed by atoms with van der Waals surface area (Å²) in [6.45, 7) is 2.75. The third-order valence-electron chi connectivity index (χ3n) is 3.17. The number of imide groups is 1. The Morgan fingerprint density at radius 2 is 2.04 bits per heavy atom. The van der Waals surface area contributed by atoms with Gasteiger partial charge in [0.15, 0.2) is 0 Å². The van der Waals surface area contributed by atoms with E-state index in [2.05, 4.69) is 5.32 Å². The number of hydrogen-bond acceptors (Lipinski definition) is 5. The van der Waals surface area contributed by atoms with Crippen LogP contribution in [0.1, 0.15) is 13.8 Å². The van der Waals surface area contributed by atoms with Crippen molar-refractivity contribution in [3.63, 3.8) is 0 Å². The number of nitrogens with one attached hydrogen (secondary N) is 1. The number of amides is 3. The Labute approximate surface area is 137 Å². The summed E-state index contributed by atoms with van der Waals surface area (Å²) >= 11 is 1.22. The lowest BCUT2D eigenvalue weighted by molar-refractivity contribution is -0.147. The van der Waals surface area contributed by atoms with Crippen LogP contribution in [0.5, 0.6) is 0 Å². The molecule has 1 aliphatic rings. The fourth-order valence-electron chi connectivity index (χ4n) is 2.01. The van der Waals surface area contributed by atoms with Crippen LogP contribution in [0.15, 0.2) is 29.2 Å². The van der Waals surface area contributed by atoms with Gasteiger partial charge in [-0.3, -0.25) is 14.5 Å². The van der Waals surface area contributed by atoms with E-state index in [1.807, 2.05) is 0 Å². The van der Waals surface area contributed by atoms with E-state index < -0.39 is 30.0 Å². The number of rotatable bonds is 6. The van der Waals surface area contributed by atoms with E-state index in [1.165, 1.54) is 17.8 Å². The maximum atomic E-state index is 13.4. The minimum absolute atomic E-state index is 0.0604. The smallest absolute Gasteiger partial charge is 0.326 e. The molecule has 0 atom stereocenters. The lowest BCUT2D eigenvalue weighted by Gasteiger charge is -2.15. The zero-order chi connectivity index (χ0) is 17.0. The molecule has 1 heterocycles. The molecule has 0 aromatic heterocycles. The molecule has 6 nitrogen and oxygen atoms in total. The first-order valence-electron chi connectivity index (χ1n) is 6.98. The minimum Gasteiger partial charge on any atom is -0.463 e. The maximum Gasteiger partial charge on any atom is 0.326 e. The van der Waals surface area contributed by atoms with Crippen molar-refractivity contribution in [2.45, 2.75) is 24.3 Å². The van der Waals surface area contributed by atoms with Gasteiger partial charge in [0.1, 0.15) is 24.5 Å². The topological polar surface area (TPSA) is 75.7 Å². The molecule has 1 saturated heterocycles. The number of urea groups is 1. The number of esters is 1. The molecule has 0 bridgehead atoms. The van der Waals surface area contributed by atoms with Crippen LogP contribution < -0.4 is 5.32 Å². The molecule has 0 aliphatic carbocycles. The van der Waals surface area contributed by atoms with Gasteiger partial charge in [-0.15, -0.1) is 11.8 Å². The fraction of sp³-hybridized carbons (Fsp3) is 0.400. The first-order valence-corrected chi connectivity index (χ1v) is 7.97. The molecule has 3 amide bonds. The number of carbonyl (C=O) groups is 3. The number of thioether (sulfide) groups is 1. The number of benzene rings is 1. The lowest BCUT2D eigenvalue weighted by atomic mass is 10.1. The summed E-state index contributed by atoms with van der Waals surface area (Å²) in [5.41, 5.74) is -1.02. The molecule has 2 rings (SSSR count). The molecule has 0 saturated carbocycles. The molecular weight excluding hydrogens is 323 g/mol. The Bertz CT molecular complexity index is 636. The summed E-state index contributed by atoms with van der Waals surface area (Å²) in [6.07, 6.45) is 0. The first-order chi connectivity index (χ1) is 10.8. The Kier molecular flexibility index (Phi) is 5.25. The highest BCUT2D eigenvalue weighted by atomic mass is 32.2. The Hall–Kier alpha value is -2.09. The fourth-order valence-corrected chi connectivity index (χ4v) is 2.77. The van der Waals surface area contributed by atoms with Crippen LogP contribution in [0, 0.1) is 5.82 Å². The van der Waals surface area contributed by atoms with Crippen molar-refractivity contribution < 1.29 is 23.5 Å². The minimum atomic E-state index is -1.02. The molecular formula is C15H17FN2O4S. The summed E-state index contributed by atoms with van der Waals surface area (Å²) < 4.78 is 18.4. The zero-order valence-corrected chi connectivity index (χ0v) is 13.6. The van der Waals surface area contributed by atoms with Crippen molar-refractivity contribution in [3.05, 3.63) is 30.1 Å². The molecule has 8 heteroatoms. The van der Waals surface area contributed by atoms with Crippen molar-refractivity contribution in [3.8, 4) is 0 Å². The summed E-state index contributed by atoms with van der Waals surface area (Å²) in [4.78, 5) is 36.5. The summed E-state index contributed by atoms with van der Waals surface area (Å²) in [5.74, 6) is -1.11. The molecule has 1 aromatic rings. The van der Waals surface area contributed by atoms with Crippen LogP contribution in [-0.4, -0.2) is 47.3 Å². The van der Waals surface area contributed by atoms with Crippen LogP contribution in [0.2, 0.25) is 0 Å². The van der Waals surface area contributed by atoms with E-state index in [9.17, 15) is 18.8 Å². The van der Waals surface area contributed by atoms with Crippen molar-refractivity contribution in [2.24, 2.45) is 0 Å². The highest BCUT2D eigenvalue weighted by molar-refractivity contribution is 7.99. The van der Waals surface area contributed by atoms with Gasteiger partial charge < -0.3 is 10.1 Å². The second kappa shape index (κ2) is 6.99. The molecule has 1 aromatic carbocycles. The van der Waals surface area contributed by atoms with Gasteiger partial charge in [0.2, 0.25) is 0 Å². The average Bonchev–Trinajstić information content (AvgIpc) is 2.67. The number of halogens is 1. The predicted molar refractivity (Wildman–Crippen MR) is 82.4 cm³/mol. The van der Waals surface area contributed by atoms with Gasteiger partial charge >= 0.3 is 12.0 Å². The van der Waals surface area contributed by atoms with Crippen LogP contribution in [0.25, 0.3) is 0 Å². The monoisotopic (exact) mass is 340 g/mol. The van der Waals surface area contributed by atoms with Gasteiger partial charge in [0.25, 0.3) is 5.91 Å². The third kappa shape index (κ3) is 4.22. The SMILES string of the molecule is CC1(C)NC(=O)N(CC(=O)OCCSc2ccccc2F)C1=O. The van der Waals surface area contributed by atoms with E-state index in [-0.39, 0.29) is 12.4 Å². The summed E-state index contributed by atoms with van der Waals surface area (Å²) in [5, 5.41) is 2.48. The third-order valence-corrected chi connectivity index (χ3v) is 4.19. The molecule has 0 radical (unpaired) electrons. The van der Waals surface area contributed by atoms with E-state index >= 15 is 0 Å². The quantitative estimate of drug-likeness (QED) is 0.370. The van der Waals surface area contributed by atoms with Crippen LogP contribution in [0.3, 0.4) is 0 Å². The van der Waals surface area contributed by atoms with Crippen molar-refractivity contribution in [1.82, 2.24) is 10.2 Å². The highest BCUT2D eigenvalue weighted by Gasteiger charge is 2.45. The molecule has 124 valence electrons. The number of hydrogen-bond donors (Lipinski definition) is 1. The number of nitrogens with zero attached hydrogens (tertiary/aromatic N) is 1. The molecule has 23 heavy (non-hydrogen) atoms. The zero-order valence-electron chi connectivity index (χ0n) is 12.8. The molecule has 0 spiro atoms. The predicted octanol–water partition coefficient (Wildman–Crippen LogP) is 1.79. The second-order valence-corrected chi connectivity index (χ2v) is 6.58. The van der Waals surface area contributed by atoms with Crippen LogP contribution in [0.4, 0.5) is 9.18 Å². The second-order valence-electron chi connectivity index (χ2n) is 5.45. The molecule has 0 unspecified atom stereocenters. The number of carbonyl (C=O) groups excluding carboxylic acids is 3. The average molecular weight is 340 g/mol. The Balaban J connectivity index is 1.75. The van der Waals surface area contributed by atoms with Crippen LogP contribution in [-0.2, 0) is 14.3 Å². The summed E-state index contributed by atoms with van der Waals surface area (Å²) in [6, 6.07) is 5.69. The summed E-state index contributed by atoms with van der Waals surface area (Å²) in [7, 11) is 0. The van der Waals surface area contributed by atoms with Crippen molar-refractivity contribution in [2.75, 3.05) is 18.9 Å². The van der Waals surface area contributed by atoms with Gasteiger partial charge in [0, 0.05) is 10.6 Å². The Morgan fingerprint density at radius 3 is 2.65 bits per heavy atom. The van der Waals surface area contributed by atoms with Crippen molar-refractivity contribution in [1.29, 1.82) is 0 Å². The van der Waals surface area contributed by atoms with E-state index in [4.69, 9.17) is 4.74 Å². The largest absolute Gasteiger partial charge is 0.463 e. The standard InChI is InChI=1S/C15H17FN2O4S/c1-15(2)13(20)18(14(21)17-15)9-12(19)22-7-8-23-11-6-4-3-5-10(11)16/h3-6H,7-9H2,1-2H3,(H,17,21). The van der Waals surface area contributed by atoms with E-state index in [1.54, 1.807) is 32.0 Å². The normalized spacial score (nSPS) is 16.4. The molecule has 1 aliphatic heterocycles. The van der Waals surface area contributed by atoms with Crippen LogP contribution >= 0.6 is 11.8 Å². The maximum absolute atomic E-state index is 13.4. The van der Waals surface area contributed by atoms with Crippen molar-refractivity contribution >= 4 is 29.7 Å². The number of ether oxygens (including phenoxy) is 1. The van der Waals surface area contributed by atoms with E-state index in [0.29, 0.717) is 10.6 Å². The molecule has 1 N–H and O–H groups in total. The first kappa shape index (κ1) is 17.3. The van der Waals surface area contributed by atoms with Gasteiger partial charge in [0.05, 0.1) is 0 Å². The van der Waals surface area contributed by atoms with E-state index in [0.717, 1.165) is 4.90 Å². The Morgan fingerprint density at radius 1 is 1.35 bits per heavy atom. The highest BCUT2D eigenvalue weighted by Crippen LogP contribution is 2.21. The van der Waals surface area contributed by atoms with Gasteiger partial charge in [-0.2, -0.15) is 0 Å². The van der Waals surface area contributed by atoms with Gasteiger partial charge in [-0.1, -0.05) is 12.1 Å². The molecule has 1 fully saturated rings. The van der Waals surface area contributed by atoms with Gasteiger partial charge in [-0.05, 0) is 26.0 Å².